The molecule has 1 amide bonds. The first-order valence-corrected chi connectivity index (χ1v) is 13.9. The Morgan fingerprint density at radius 1 is 1.00 bits per heavy atom. The maximum atomic E-state index is 13.3. The number of rotatable bonds is 7. The number of amides is 1. The fraction of sp³-hybridized carbons (Fsp3) is 0.690. The first-order valence-electron chi connectivity index (χ1n) is 13.9. The second-order valence-corrected chi connectivity index (χ2v) is 11.2. The average molecular weight is 466 g/mol. The molecular formula is C29H43N3O2. The van der Waals surface area contributed by atoms with Gasteiger partial charge in [0.05, 0.1) is 0 Å². The van der Waals surface area contributed by atoms with Crippen LogP contribution in [-0.2, 0) is 16.1 Å². The summed E-state index contributed by atoms with van der Waals surface area (Å²) in [4.78, 5) is 13.3. The zero-order chi connectivity index (χ0) is 23.3. The largest absolute Gasteiger partial charge is 0.381 e. The number of benzene rings is 1. The van der Waals surface area contributed by atoms with E-state index >= 15 is 0 Å². The lowest BCUT2D eigenvalue weighted by atomic mass is 9.79. The van der Waals surface area contributed by atoms with E-state index in [1.807, 2.05) is 0 Å². The molecule has 3 N–H and O–H groups in total. The molecule has 34 heavy (non-hydrogen) atoms. The van der Waals surface area contributed by atoms with Crippen LogP contribution in [0.25, 0.3) is 10.9 Å². The van der Waals surface area contributed by atoms with Gasteiger partial charge in [-0.25, -0.2) is 0 Å². The number of carbonyl (C=O) groups excluding carboxylic acids is 1. The molecule has 5 rings (SSSR count). The maximum absolute atomic E-state index is 13.3. The number of carbonyl (C=O) groups is 1. The van der Waals surface area contributed by atoms with Crippen molar-refractivity contribution in [3.63, 3.8) is 0 Å². The van der Waals surface area contributed by atoms with Crippen LogP contribution in [0.3, 0.4) is 0 Å². The van der Waals surface area contributed by atoms with Crippen LogP contribution in [0.15, 0.2) is 30.5 Å². The Balaban J connectivity index is 1.39. The van der Waals surface area contributed by atoms with E-state index in [-0.39, 0.29) is 17.9 Å². The second-order valence-electron chi connectivity index (χ2n) is 11.2. The molecule has 0 spiro atoms. The van der Waals surface area contributed by atoms with E-state index in [1.165, 1.54) is 48.6 Å². The molecule has 0 bridgehead atoms. The SMILES string of the molecule is NC1CCC(NC(=O)CC(c2cn(CC3CCCCC3)c3ccccc23)C2CCOCC2)CC1. The highest BCUT2D eigenvalue weighted by Gasteiger charge is 2.31. The van der Waals surface area contributed by atoms with Crippen molar-refractivity contribution in [2.45, 2.75) is 102 Å². The van der Waals surface area contributed by atoms with Crippen LogP contribution < -0.4 is 11.1 Å². The first-order chi connectivity index (χ1) is 16.7. The minimum Gasteiger partial charge on any atom is -0.381 e. The van der Waals surface area contributed by atoms with Gasteiger partial charge in [-0.05, 0) is 80.8 Å². The summed E-state index contributed by atoms with van der Waals surface area (Å²) in [6, 6.07) is 9.45. The minimum absolute atomic E-state index is 0.209. The number of nitrogens with two attached hydrogens (primary N) is 1. The third kappa shape index (κ3) is 5.68. The number of nitrogens with zero attached hydrogens (tertiary/aromatic N) is 1. The number of nitrogens with one attached hydrogen (secondary N) is 1. The number of hydrogen-bond donors (Lipinski definition) is 2. The van der Waals surface area contributed by atoms with Crippen molar-refractivity contribution < 1.29 is 9.53 Å². The molecule has 1 aromatic carbocycles. The Morgan fingerprint density at radius 2 is 1.74 bits per heavy atom. The van der Waals surface area contributed by atoms with Crippen molar-refractivity contribution in [3.8, 4) is 0 Å². The van der Waals surface area contributed by atoms with Gasteiger partial charge in [0.1, 0.15) is 0 Å². The Bertz CT molecular complexity index is 934. The van der Waals surface area contributed by atoms with Gasteiger partial charge in [0.15, 0.2) is 0 Å². The van der Waals surface area contributed by atoms with E-state index in [2.05, 4.69) is 40.3 Å². The summed E-state index contributed by atoms with van der Waals surface area (Å²) in [6.07, 6.45) is 15.9. The third-order valence-corrected chi connectivity index (χ3v) is 8.78. The molecule has 2 heterocycles. The molecule has 1 aromatic heterocycles. The van der Waals surface area contributed by atoms with Crippen LogP contribution in [0.4, 0.5) is 0 Å². The van der Waals surface area contributed by atoms with E-state index in [9.17, 15) is 4.79 Å². The predicted molar refractivity (Wildman–Crippen MR) is 138 cm³/mol. The van der Waals surface area contributed by atoms with Crippen LogP contribution in [0.2, 0.25) is 0 Å². The van der Waals surface area contributed by atoms with Gasteiger partial charge < -0.3 is 20.4 Å². The normalized spacial score (nSPS) is 25.9. The number of aromatic nitrogens is 1. The van der Waals surface area contributed by atoms with Gasteiger partial charge in [-0.3, -0.25) is 4.79 Å². The van der Waals surface area contributed by atoms with Gasteiger partial charge in [-0.15, -0.1) is 0 Å². The molecular weight excluding hydrogens is 422 g/mol. The summed E-state index contributed by atoms with van der Waals surface area (Å²) in [5.74, 6) is 1.72. The molecule has 1 saturated heterocycles. The maximum Gasteiger partial charge on any atom is 0.220 e. The molecule has 1 atom stereocenters. The zero-order valence-corrected chi connectivity index (χ0v) is 20.7. The molecule has 2 aliphatic carbocycles. The molecule has 3 aliphatic rings. The van der Waals surface area contributed by atoms with Crippen molar-refractivity contribution in [2.75, 3.05) is 13.2 Å². The highest BCUT2D eigenvalue weighted by Crippen LogP contribution is 2.40. The summed E-state index contributed by atoms with van der Waals surface area (Å²) < 4.78 is 8.21. The van der Waals surface area contributed by atoms with E-state index in [0.29, 0.717) is 18.4 Å². The molecule has 5 heteroatoms. The fourth-order valence-corrected chi connectivity index (χ4v) is 6.77. The smallest absolute Gasteiger partial charge is 0.220 e. The zero-order valence-electron chi connectivity index (χ0n) is 20.7. The summed E-state index contributed by atoms with van der Waals surface area (Å²) in [7, 11) is 0. The highest BCUT2D eigenvalue weighted by molar-refractivity contribution is 5.86. The van der Waals surface area contributed by atoms with Crippen LogP contribution in [0, 0.1) is 11.8 Å². The molecule has 2 aromatic rings. The molecule has 5 nitrogen and oxygen atoms in total. The Hall–Kier alpha value is -1.85. The van der Waals surface area contributed by atoms with Gasteiger partial charge in [0.2, 0.25) is 5.91 Å². The lowest BCUT2D eigenvalue weighted by Crippen LogP contribution is -2.41. The van der Waals surface area contributed by atoms with Crippen LogP contribution in [0.1, 0.15) is 88.5 Å². The average Bonchev–Trinajstić information content (AvgIpc) is 3.23. The van der Waals surface area contributed by atoms with Crippen LogP contribution in [-0.4, -0.2) is 35.8 Å². The molecule has 1 aliphatic heterocycles. The summed E-state index contributed by atoms with van der Waals surface area (Å²) >= 11 is 0. The van der Waals surface area contributed by atoms with Gasteiger partial charge in [-0.1, -0.05) is 37.5 Å². The van der Waals surface area contributed by atoms with Crippen LogP contribution >= 0.6 is 0 Å². The predicted octanol–water partition coefficient (Wildman–Crippen LogP) is 5.51. The minimum atomic E-state index is 0.209. The third-order valence-electron chi connectivity index (χ3n) is 8.78. The van der Waals surface area contributed by atoms with E-state index < -0.39 is 0 Å². The standard InChI is InChI=1S/C29H43N3O2/c30-23-10-12-24(13-11-23)31-29(33)18-26(22-14-16-34-17-15-22)27-20-32(19-21-6-2-1-3-7-21)28-9-5-4-8-25(27)28/h4-5,8-9,20-24,26H,1-3,6-7,10-19,30H2,(H,31,33). The molecule has 3 fully saturated rings. The van der Waals surface area contributed by atoms with Crippen LogP contribution in [0.5, 0.6) is 0 Å². The van der Waals surface area contributed by atoms with Gasteiger partial charge in [0, 0.05) is 55.4 Å². The Kier molecular flexibility index (Phi) is 7.90. The summed E-state index contributed by atoms with van der Waals surface area (Å²) in [5, 5.41) is 4.71. The topological polar surface area (TPSA) is 69.3 Å². The summed E-state index contributed by atoms with van der Waals surface area (Å²) in [6.45, 7) is 2.73. The van der Waals surface area contributed by atoms with Crippen molar-refractivity contribution >= 4 is 16.8 Å². The lowest BCUT2D eigenvalue weighted by Gasteiger charge is -2.31. The van der Waals surface area contributed by atoms with Gasteiger partial charge in [-0.2, -0.15) is 0 Å². The van der Waals surface area contributed by atoms with Crippen molar-refractivity contribution in [3.05, 3.63) is 36.0 Å². The van der Waals surface area contributed by atoms with E-state index in [4.69, 9.17) is 10.5 Å². The van der Waals surface area contributed by atoms with Crippen molar-refractivity contribution in [1.29, 1.82) is 0 Å². The number of hydrogen-bond acceptors (Lipinski definition) is 3. The van der Waals surface area contributed by atoms with Crippen molar-refractivity contribution in [2.24, 2.45) is 17.6 Å². The molecule has 0 radical (unpaired) electrons. The number of fused-ring (bicyclic) bond motifs is 1. The van der Waals surface area contributed by atoms with E-state index in [0.717, 1.165) is 64.2 Å². The van der Waals surface area contributed by atoms with Crippen molar-refractivity contribution in [1.82, 2.24) is 9.88 Å². The van der Waals surface area contributed by atoms with Gasteiger partial charge >= 0.3 is 0 Å². The lowest BCUT2D eigenvalue weighted by molar-refractivity contribution is -0.122. The molecule has 1 unspecified atom stereocenters. The number of ether oxygens (including phenoxy) is 1. The van der Waals surface area contributed by atoms with E-state index in [1.54, 1.807) is 0 Å². The fourth-order valence-electron chi connectivity index (χ4n) is 6.77. The quantitative estimate of drug-likeness (QED) is 0.567. The number of para-hydroxylation sites is 1. The highest BCUT2D eigenvalue weighted by atomic mass is 16.5. The monoisotopic (exact) mass is 465 g/mol. The molecule has 2 saturated carbocycles. The Labute approximate surface area is 204 Å². The first kappa shape index (κ1) is 23.9. The second kappa shape index (κ2) is 11.3. The molecule has 186 valence electrons. The summed E-state index contributed by atoms with van der Waals surface area (Å²) in [5.41, 5.74) is 8.79. The van der Waals surface area contributed by atoms with Gasteiger partial charge in [0.25, 0.3) is 0 Å². The Morgan fingerprint density at radius 3 is 2.50 bits per heavy atom.